The highest BCUT2D eigenvalue weighted by molar-refractivity contribution is 9.10. The molecule has 2 heterocycles. The van der Waals surface area contributed by atoms with Crippen LogP contribution in [0.2, 0.25) is 0 Å². The van der Waals surface area contributed by atoms with E-state index in [1.54, 1.807) is 0 Å². The molecule has 0 saturated carbocycles. The predicted molar refractivity (Wildman–Crippen MR) is 115 cm³/mol. The Balaban J connectivity index is 1.92. The molecule has 1 N–H and O–H groups in total. The van der Waals surface area contributed by atoms with Crippen molar-refractivity contribution < 1.29 is 35.9 Å². The van der Waals surface area contributed by atoms with E-state index in [0.29, 0.717) is 0 Å². The number of carbonyl (C=O) groups is 1. The van der Waals surface area contributed by atoms with E-state index in [2.05, 4.69) is 31.2 Å². The molecule has 176 valence electrons. The summed E-state index contributed by atoms with van der Waals surface area (Å²) in [6, 6.07) is 10.1. The van der Waals surface area contributed by atoms with Crippen molar-refractivity contribution in [2.24, 2.45) is 0 Å². The molecule has 0 spiro atoms. The molecule has 0 amide bonds. The Labute approximate surface area is 197 Å². The topological polar surface area (TPSA) is 128 Å². The molecule has 2 aromatic carbocycles. The van der Waals surface area contributed by atoms with Crippen LogP contribution in [0.3, 0.4) is 0 Å². The Hall–Kier alpha value is -3.52. The molecule has 0 aliphatic heterocycles. The van der Waals surface area contributed by atoms with Gasteiger partial charge in [0.25, 0.3) is 5.89 Å². The van der Waals surface area contributed by atoms with Gasteiger partial charge in [0.05, 0.1) is 20.6 Å². The fraction of sp³-hybridized carbons (Fsp3) is 0.100. The maximum atomic E-state index is 13.6. The van der Waals surface area contributed by atoms with Gasteiger partial charge in [-0.15, -0.1) is 10.2 Å². The number of hydrogen-bond acceptors (Lipinski definition) is 7. The molecule has 0 unspecified atom stereocenters. The average molecular weight is 557 g/mol. The molecule has 4 aromatic rings. The molecule has 0 bridgehead atoms. The Kier molecular flexibility index (Phi) is 5.81. The molecule has 0 radical (unpaired) electrons. The van der Waals surface area contributed by atoms with Gasteiger partial charge in [0.2, 0.25) is 5.89 Å². The van der Waals surface area contributed by atoms with Crippen molar-refractivity contribution in [3.63, 3.8) is 0 Å². The number of carboxylic acids is 1. The van der Waals surface area contributed by atoms with Gasteiger partial charge in [-0.25, -0.2) is 17.9 Å². The first kappa shape index (κ1) is 23.6. The number of hydrogen-bond donors (Lipinski definition) is 1. The number of para-hydroxylation sites is 1. The molecule has 2 aromatic heterocycles. The van der Waals surface area contributed by atoms with Crippen LogP contribution >= 0.6 is 15.9 Å². The van der Waals surface area contributed by atoms with Crippen molar-refractivity contribution >= 4 is 31.7 Å². The number of aromatic nitrogens is 4. The highest BCUT2D eigenvalue weighted by Gasteiger charge is 2.36. The van der Waals surface area contributed by atoms with E-state index >= 15 is 0 Å². The Morgan fingerprint density at radius 3 is 2.41 bits per heavy atom. The number of benzene rings is 2. The Bertz CT molecular complexity index is 1530. The largest absolute Gasteiger partial charge is 0.476 e. The smallest absolute Gasteiger partial charge is 0.418 e. The van der Waals surface area contributed by atoms with E-state index in [4.69, 9.17) is 4.42 Å². The summed E-state index contributed by atoms with van der Waals surface area (Å²) in [7, 11) is -3.54. The van der Waals surface area contributed by atoms with Crippen molar-refractivity contribution in [2.45, 2.75) is 11.1 Å². The fourth-order valence-electron chi connectivity index (χ4n) is 3.09. The quantitative estimate of drug-likeness (QED) is 0.381. The molecule has 14 heteroatoms. The van der Waals surface area contributed by atoms with E-state index in [1.807, 2.05) is 0 Å². The van der Waals surface area contributed by atoms with E-state index < -0.39 is 38.9 Å². The monoisotopic (exact) mass is 556 g/mol. The summed E-state index contributed by atoms with van der Waals surface area (Å²) in [5, 5.41) is 21.0. The van der Waals surface area contributed by atoms with Crippen LogP contribution in [-0.2, 0) is 16.0 Å². The minimum atomic E-state index is -4.76. The van der Waals surface area contributed by atoms with Crippen LogP contribution in [0, 0.1) is 0 Å². The van der Waals surface area contributed by atoms with E-state index in [1.165, 1.54) is 36.4 Å². The summed E-state index contributed by atoms with van der Waals surface area (Å²) in [4.78, 5) is 11.6. The summed E-state index contributed by atoms with van der Waals surface area (Å²) in [5.74, 6) is -1.98. The number of alkyl halides is 3. The SMILES string of the molecule is CS(=O)(=O)c1cccc(-c2nnc(-c3c(Br)c(C(=O)O)nn3-c3ccccc3C(F)(F)F)o2)c1. The fourth-order valence-corrected chi connectivity index (χ4v) is 4.34. The van der Waals surface area contributed by atoms with Crippen LogP contribution in [0.5, 0.6) is 0 Å². The lowest BCUT2D eigenvalue weighted by atomic mass is 10.1. The molecule has 0 aliphatic carbocycles. The zero-order chi connectivity index (χ0) is 24.8. The van der Waals surface area contributed by atoms with Crippen LogP contribution < -0.4 is 0 Å². The second-order valence-corrected chi connectivity index (χ2v) is 9.76. The highest BCUT2D eigenvalue weighted by atomic mass is 79.9. The third-order valence-corrected chi connectivity index (χ3v) is 6.47. The molecule has 0 saturated heterocycles. The first-order valence-electron chi connectivity index (χ1n) is 9.20. The normalized spacial score (nSPS) is 12.1. The van der Waals surface area contributed by atoms with Gasteiger partial charge in [-0.1, -0.05) is 18.2 Å². The van der Waals surface area contributed by atoms with Crippen LogP contribution in [0.1, 0.15) is 16.1 Å². The Morgan fingerprint density at radius 1 is 1.09 bits per heavy atom. The highest BCUT2D eigenvalue weighted by Crippen LogP contribution is 2.39. The van der Waals surface area contributed by atoms with Gasteiger partial charge in [-0.2, -0.15) is 18.3 Å². The molecule has 0 aliphatic rings. The summed E-state index contributed by atoms with van der Waals surface area (Å²) >= 11 is 3.06. The number of rotatable bonds is 5. The van der Waals surface area contributed by atoms with Crippen LogP contribution in [0.4, 0.5) is 13.2 Å². The second kappa shape index (κ2) is 8.36. The molecule has 4 rings (SSSR count). The van der Waals surface area contributed by atoms with E-state index in [9.17, 15) is 31.5 Å². The minimum absolute atomic E-state index is 0.0109. The summed E-state index contributed by atoms with van der Waals surface area (Å²) in [6.07, 6.45) is -3.74. The van der Waals surface area contributed by atoms with Crippen LogP contribution in [0.25, 0.3) is 28.7 Å². The van der Waals surface area contributed by atoms with Crippen LogP contribution in [0.15, 0.2) is 62.3 Å². The molecule has 9 nitrogen and oxygen atoms in total. The van der Waals surface area contributed by atoms with Crippen molar-refractivity contribution in [1.82, 2.24) is 20.0 Å². The van der Waals surface area contributed by atoms with Gasteiger partial charge < -0.3 is 9.52 Å². The summed E-state index contributed by atoms with van der Waals surface area (Å²) in [6.45, 7) is 0. The van der Waals surface area contributed by atoms with Crippen molar-refractivity contribution in [3.05, 3.63) is 64.3 Å². The average Bonchev–Trinajstić information content (AvgIpc) is 3.37. The van der Waals surface area contributed by atoms with Crippen LogP contribution in [-0.4, -0.2) is 45.7 Å². The first-order chi connectivity index (χ1) is 15.9. The van der Waals surface area contributed by atoms with Gasteiger partial charge in [-0.05, 0) is 46.3 Å². The molecular weight excluding hydrogens is 545 g/mol. The third-order valence-electron chi connectivity index (χ3n) is 4.60. The maximum absolute atomic E-state index is 13.6. The molecule has 0 atom stereocenters. The van der Waals surface area contributed by atoms with E-state index in [-0.39, 0.29) is 32.4 Å². The van der Waals surface area contributed by atoms with Crippen molar-refractivity contribution in [3.8, 4) is 28.7 Å². The maximum Gasteiger partial charge on any atom is 0.418 e. The standard InChI is InChI=1S/C20H12BrF3N4O5S/c1-34(31,32)11-6-4-5-10(9-11)17-25-26-18(33-17)16-14(21)15(19(29)30)27-28(16)13-8-3-2-7-12(13)20(22,23)24/h2-9H,1H3,(H,29,30). The molecular formula is C20H12BrF3N4O5S. The molecule has 0 fully saturated rings. The lowest BCUT2D eigenvalue weighted by molar-refractivity contribution is -0.137. The number of nitrogens with zero attached hydrogens (tertiary/aromatic N) is 4. The van der Waals surface area contributed by atoms with Crippen molar-refractivity contribution in [2.75, 3.05) is 6.26 Å². The molecule has 34 heavy (non-hydrogen) atoms. The zero-order valence-corrected chi connectivity index (χ0v) is 19.3. The predicted octanol–water partition coefficient (Wildman–Crippen LogP) is 4.47. The number of carboxylic acid groups (broad SMARTS) is 1. The van der Waals surface area contributed by atoms with Gasteiger partial charge in [0.1, 0.15) is 5.69 Å². The second-order valence-electron chi connectivity index (χ2n) is 6.96. The van der Waals surface area contributed by atoms with E-state index in [0.717, 1.165) is 23.1 Å². The third kappa shape index (κ3) is 4.33. The van der Waals surface area contributed by atoms with Gasteiger partial charge in [0, 0.05) is 11.8 Å². The van der Waals surface area contributed by atoms with Crippen molar-refractivity contribution in [1.29, 1.82) is 0 Å². The minimum Gasteiger partial charge on any atom is -0.476 e. The number of halogens is 4. The summed E-state index contributed by atoms with van der Waals surface area (Å²) in [5.41, 5.74) is -2.10. The first-order valence-corrected chi connectivity index (χ1v) is 11.9. The lowest BCUT2D eigenvalue weighted by Crippen LogP contribution is -2.12. The van der Waals surface area contributed by atoms with Gasteiger partial charge in [-0.3, -0.25) is 0 Å². The summed E-state index contributed by atoms with van der Waals surface area (Å²) < 4.78 is 70.7. The number of sulfone groups is 1. The zero-order valence-electron chi connectivity index (χ0n) is 16.9. The van der Waals surface area contributed by atoms with Gasteiger partial charge in [0.15, 0.2) is 15.5 Å². The lowest BCUT2D eigenvalue weighted by Gasteiger charge is -2.13. The Morgan fingerprint density at radius 2 is 1.76 bits per heavy atom. The number of aromatic carboxylic acids is 1. The van der Waals surface area contributed by atoms with Gasteiger partial charge >= 0.3 is 12.1 Å².